The van der Waals surface area contributed by atoms with Gasteiger partial charge in [0.2, 0.25) is 5.71 Å². The molecule has 0 unspecified atom stereocenters. The number of hydrogen-bond acceptors (Lipinski definition) is 7. The van der Waals surface area contributed by atoms with Crippen molar-refractivity contribution in [1.29, 1.82) is 0 Å². The van der Waals surface area contributed by atoms with E-state index in [1.807, 2.05) is 24.3 Å². The summed E-state index contributed by atoms with van der Waals surface area (Å²) in [6, 6.07) is 7.60. The zero-order valence-electron chi connectivity index (χ0n) is 18.4. The number of furan rings is 1. The van der Waals surface area contributed by atoms with Gasteiger partial charge in [0.1, 0.15) is 23.2 Å². The fourth-order valence-electron chi connectivity index (χ4n) is 3.48. The summed E-state index contributed by atoms with van der Waals surface area (Å²) in [5.41, 5.74) is 1.80. The van der Waals surface area contributed by atoms with E-state index < -0.39 is 0 Å². The van der Waals surface area contributed by atoms with Crippen LogP contribution in [0.1, 0.15) is 47.3 Å². The minimum absolute atomic E-state index is 0.0146. The predicted molar refractivity (Wildman–Crippen MR) is 118 cm³/mol. The minimum Gasteiger partial charge on any atom is -0.497 e. The molecule has 1 amide bonds. The van der Waals surface area contributed by atoms with Gasteiger partial charge in [-0.15, -0.1) is 0 Å². The van der Waals surface area contributed by atoms with Crippen molar-refractivity contribution in [3.8, 4) is 5.75 Å². The number of aromatic nitrogens is 2. The smallest absolute Gasteiger partial charge is 0.255 e. The number of ether oxygens (including phenoxy) is 2. The third-order valence-electron chi connectivity index (χ3n) is 5.54. The van der Waals surface area contributed by atoms with Crippen LogP contribution >= 0.6 is 0 Å². The maximum Gasteiger partial charge on any atom is 0.255 e. The van der Waals surface area contributed by atoms with Crippen LogP contribution in [0.2, 0.25) is 0 Å². The highest BCUT2D eigenvalue weighted by Gasteiger charge is 2.39. The first-order chi connectivity index (χ1) is 14.9. The van der Waals surface area contributed by atoms with Gasteiger partial charge in [-0.05, 0) is 44.4 Å². The number of nitrogens with zero attached hydrogens (tertiary/aromatic N) is 2. The number of anilines is 1. The van der Waals surface area contributed by atoms with Gasteiger partial charge in [-0.1, -0.05) is 12.1 Å². The Kier molecular flexibility index (Phi) is 5.82. The number of amides is 1. The monoisotopic (exact) mass is 424 g/mol. The summed E-state index contributed by atoms with van der Waals surface area (Å²) >= 11 is 0. The van der Waals surface area contributed by atoms with Gasteiger partial charge in [0.15, 0.2) is 0 Å². The van der Waals surface area contributed by atoms with E-state index in [1.54, 1.807) is 21.1 Å². The summed E-state index contributed by atoms with van der Waals surface area (Å²) in [5, 5.41) is 7.10. The van der Waals surface area contributed by atoms with Gasteiger partial charge in [-0.3, -0.25) is 4.79 Å². The van der Waals surface area contributed by atoms with E-state index in [0.717, 1.165) is 24.2 Å². The number of rotatable bonds is 9. The first-order valence-corrected chi connectivity index (χ1v) is 10.4. The largest absolute Gasteiger partial charge is 0.497 e. The van der Waals surface area contributed by atoms with Crippen LogP contribution in [0.5, 0.6) is 5.75 Å². The van der Waals surface area contributed by atoms with E-state index in [-0.39, 0.29) is 11.4 Å². The Labute approximate surface area is 181 Å². The van der Waals surface area contributed by atoms with Crippen LogP contribution in [0, 0.1) is 6.92 Å². The van der Waals surface area contributed by atoms with Crippen molar-refractivity contribution >= 4 is 22.8 Å². The van der Waals surface area contributed by atoms with Crippen LogP contribution < -0.4 is 15.4 Å². The topological polar surface area (TPSA) is 98.5 Å². The van der Waals surface area contributed by atoms with Crippen LogP contribution in [0.25, 0.3) is 11.1 Å². The molecule has 1 saturated carbocycles. The number of aryl methyl sites for hydroxylation is 1. The molecule has 31 heavy (non-hydrogen) atoms. The fourth-order valence-corrected chi connectivity index (χ4v) is 3.48. The molecule has 2 heterocycles. The Bertz CT molecular complexity index is 1100. The maximum atomic E-state index is 13.2. The van der Waals surface area contributed by atoms with E-state index in [4.69, 9.17) is 18.9 Å². The number of benzene rings is 1. The van der Waals surface area contributed by atoms with Gasteiger partial charge in [-0.25, -0.2) is 4.98 Å². The molecule has 1 fully saturated rings. The number of carbonyl (C=O) groups is 1. The number of hydrogen-bond donors (Lipinski definition) is 2. The molecular weight excluding hydrogens is 396 g/mol. The Balaban J connectivity index is 1.65. The number of nitrogens with one attached hydrogen (secondary N) is 2. The molecule has 0 spiro atoms. The average Bonchev–Trinajstić information content (AvgIpc) is 3.38. The van der Waals surface area contributed by atoms with Crippen molar-refractivity contribution in [1.82, 2.24) is 15.3 Å². The van der Waals surface area contributed by atoms with Gasteiger partial charge >= 0.3 is 0 Å². The van der Waals surface area contributed by atoms with Gasteiger partial charge in [0, 0.05) is 25.6 Å². The van der Waals surface area contributed by atoms with Crippen LogP contribution in [-0.2, 0) is 17.7 Å². The molecule has 0 bridgehead atoms. The molecule has 3 aromatic rings. The van der Waals surface area contributed by atoms with Gasteiger partial charge in [0.25, 0.3) is 5.91 Å². The molecule has 1 aliphatic carbocycles. The van der Waals surface area contributed by atoms with Gasteiger partial charge in [0.05, 0.1) is 24.7 Å². The third kappa shape index (κ3) is 4.64. The molecule has 2 N–H and O–H groups in total. The van der Waals surface area contributed by atoms with Crippen LogP contribution in [-0.4, -0.2) is 42.2 Å². The third-order valence-corrected chi connectivity index (χ3v) is 5.54. The molecular formula is C23H28N4O4. The predicted octanol–water partition coefficient (Wildman–Crippen LogP) is 3.62. The second kappa shape index (κ2) is 8.55. The lowest BCUT2D eigenvalue weighted by Gasteiger charge is -2.14. The summed E-state index contributed by atoms with van der Waals surface area (Å²) in [4.78, 5) is 22.4. The van der Waals surface area contributed by atoms with E-state index in [0.29, 0.717) is 53.6 Å². The molecule has 0 saturated heterocycles. The van der Waals surface area contributed by atoms with Crippen molar-refractivity contribution in [3.05, 3.63) is 47.0 Å². The van der Waals surface area contributed by atoms with Gasteiger partial charge in [-0.2, -0.15) is 4.98 Å². The zero-order chi connectivity index (χ0) is 22.0. The van der Waals surface area contributed by atoms with Crippen molar-refractivity contribution in [2.75, 3.05) is 26.1 Å². The molecule has 8 heteroatoms. The maximum absolute atomic E-state index is 13.2. The molecule has 164 valence electrons. The molecule has 8 nitrogen and oxygen atoms in total. The van der Waals surface area contributed by atoms with Crippen LogP contribution in [0.3, 0.4) is 0 Å². The minimum atomic E-state index is -0.226. The lowest BCUT2D eigenvalue weighted by molar-refractivity contribution is 0.0950. The summed E-state index contributed by atoms with van der Waals surface area (Å²) < 4.78 is 16.3. The zero-order valence-corrected chi connectivity index (χ0v) is 18.4. The van der Waals surface area contributed by atoms with E-state index >= 15 is 0 Å². The molecule has 0 atom stereocenters. The molecule has 4 rings (SSSR count). The lowest BCUT2D eigenvalue weighted by Crippen LogP contribution is -2.24. The average molecular weight is 425 g/mol. The Morgan fingerprint density at radius 3 is 2.77 bits per heavy atom. The summed E-state index contributed by atoms with van der Waals surface area (Å²) in [6.07, 6.45) is 2.68. The highest BCUT2D eigenvalue weighted by molar-refractivity contribution is 6.10. The van der Waals surface area contributed by atoms with E-state index in [9.17, 15) is 4.79 Å². The summed E-state index contributed by atoms with van der Waals surface area (Å²) in [7, 11) is 3.26. The Hall–Kier alpha value is -3.13. The van der Waals surface area contributed by atoms with Crippen molar-refractivity contribution in [3.63, 3.8) is 0 Å². The normalized spacial score (nSPS) is 14.5. The van der Waals surface area contributed by atoms with E-state index in [1.165, 1.54) is 0 Å². The lowest BCUT2D eigenvalue weighted by atomic mass is 10.1. The Morgan fingerprint density at radius 2 is 2.06 bits per heavy atom. The summed E-state index contributed by atoms with van der Waals surface area (Å²) in [6.45, 7) is 4.80. The second-order valence-corrected chi connectivity index (χ2v) is 8.16. The number of methoxy groups -OCH3 is 2. The first kappa shape index (κ1) is 21.1. The number of carbonyl (C=O) groups excluding carboxylic acids is 1. The van der Waals surface area contributed by atoms with E-state index in [2.05, 4.69) is 22.5 Å². The molecule has 2 aromatic heterocycles. The van der Waals surface area contributed by atoms with Gasteiger partial charge < -0.3 is 24.5 Å². The van der Waals surface area contributed by atoms with Crippen molar-refractivity contribution in [2.45, 2.75) is 45.2 Å². The standard InChI is InChI=1S/C23H28N4O4/c1-14-18(21(28)24-13-15-6-5-7-16(12-15)30-4)19-20(27-23(2)9-10-23)25-17(8-11-29-3)26-22(19)31-14/h5-7,12H,8-11,13H2,1-4H3,(H,24,28)(H,25,26,27). The SMILES string of the molecule is COCCc1nc(NC2(C)CC2)c2c(C(=O)NCc3cccc(OC)c3)c(C)oc2n1. The van der Waals surface area contributed by atoms with Crippen LogP contribution in [0.15, 0.2) is 28.7 Å². The van der Waals surface area contributed by atoms with Crippen molar-refractivity contribution in [2.24, 2.45) is 0 Å². The second-order valence-electron chi connectivity index (χ2n) is 8.16. The fraction of sp³-hybridized carbons (Fsp3) is 0.435. The Morgan fingerprint density at radius 1 is 1.26 bits per heavy atom. The first-order valence-electron chi connectivity index (χ1n) is 10.4. The molecule has 1 aliphatic rings. The van der Waals surface area contributed by atoms with Crippen molar-refractivity contribution < 1.29 is 18.7 Å². The quantitative estimate of drug-likeness (QED) is 0.541. The molecule has 0 radical (unpaired) electrons. The molecule has 1 aromatic carbocycles. The molecule has 0 aliphatic heterocycles. The summed E-state index contributed by atoms with van der Waals surface area (Å²) in [5.74, 6) is 2.30. The highest BCUT2D eigenvalue weighted by atomic mass is 16.5. The van der Waals surface area contributed by atoms with Crippen LogP contribution in [0.4, 0.5) is 5.82 Å². The highest BCUT2D eigenvalue weighted by Crippen LogP contribution is 2.40. The number of fused-ring (bicyclic) bond motifs is 1.